The first-order chi connectivity index (χ1) is 7.24. The van der Waals surface area contributed by atoms with Gasteiger partial charge in [-0.15, -0.1) is 0 Å². The summed E-state index contributed by atoms with van der Waals surface area (Å²) in [5.41, 5.74) is 1.14. The van der Waals surface area contributed by atoms with E-state index in [0.717, 1.165) is 17.1 Å². The van der Waals surface area contributed by atoms with Crippen LogP contribution in [0.1, 0.15) is 5.56 Å². The van der Waals surface area contributed by atoms with Gasteiger partial charge in [-0.1, -0.05) is 23.7 Å². The third kappa shape index (κ3) is 2.70. The van der Waals surface area contributed by atoms with Crippen molar-refractivity contribution in [3.63, 3.8) is 0 Å². The number of benzene rings is 1. The SMILES string of the molecule is O=c1ccn(Cc2cccc(Cl)c2)cc1. The molecule has 0 fully saturated rings. The standard InChI is InChI=1S/C12H10ClNO/c13-11-3-1-2-10(8-11)9-14-6-4-12(15)5-7-14/h1-8H,9H2. The van der Waals surface area contributed by atoms with Gasteiger partial charge < -0.3 is 4.57 Å². The van der Waals surface area contributed by atoms with Gasteiger partial charge in [0.25, 0.3) is 0 Å². The molecule has 0 aliphatic heterocycles. The van der Waals surface area contributed by atoms with Crippen molar-refractivity contribution in [3.8, 4) is 0 Å². The van der Waals surface area contributed by atoms with Crippen LogP contribution in [-0.2, 0) is 6.54 Å². The summed E-state index contributed by atoms with van der Waals surface area (Å²) in [6.07, 6.45) is 3.53. The first-order valence-corrected chi connectivity index (χ1v) is 5.02. The summed E-state index contributed by atoms with van der Waals surface area (Å²) >= 11 is 5.88. The van der Waals surface area contributed by atoms with E-state index in [1.165, 1.54) is 0 Å². The highest BCUT2D eigenvalue weighted by molar-refractivity contribution is 6.30. The van der Waals surface area contributed by atoms with E-state index < -0.39 is 0 Å². The molecule has 0 radical (unpaired) electrons. The van der Waals surface area contributed by atoms with Gasteiger partial charge in [-0.2, -0.15) is 0 Å². The van der Waals surface area contributed by atoms with Crippen molar-refractivity contribution in [2.24, 2.45) is 0 Å². The molecule has 0 aliphatic carbocycles. The van der Waals surface area contributed by atoms with Gasteiger partial charge in [0.05, 0.1) is 0 Å². The minimum atomic E-state index is 0.0253. The Bertz CT molecular complexity index is 499. The van der Waals surface area contributed by atoms with Crippen LogP contribution < -0.4 is 5.43 Å². The summed E-state index contributed by atoms with van der Waals surface area (Å²) in [5, 5.41) is 0.730. The van der Waals surface area contributed by atoms with Crippen LogP contribution in [0, 0.1) is 0 Å². The third-order valence-electron chi connectivity index (χ3n) is 2.11. The first kappa shape index (κ1) is 9.99. The number of halogens is 1. The number of hydrogen-bond donors (Lipinski definition) is 0. The molecule has 1 heterocycles. The second-order valence-electron chi connectivity index (χ2n) is 3.34. The predicted molar refractivity (Wildman–Crippen MR) is 61.3 cm³/mol. The zero-order valence-electron chi connectivity index (χ0n) is 8.06. The predicted octanol–water partition coefficient (Wildman–Crippen LogP) is 2.55. The van der Waals surface area contributed by atoms with Gasteiger partial charge in [0, 0.05) is 36.1 Å². The van der Waals surface area contributed by atoms with E-state index in [2.05, 4.69) is 0 Å². The Kier molecular flexibility index (Phi) is 2.88. The Morgan fingerprint density at radius 2 is 1.87 bits per heavy atom. The quantitative estimate of drug-likeness (QED) is 0.761. The van der Waals surface area contributed by atoms with Gasteiger partial charge in [0.15, 0.2) is 5.43 Å². The van der Waals surface area contributed by atoms with Crippen molar-refractivity contribution in [2.75, 3.05) is 0 Å². The molecule has 2 rings (SSSR count). The lowest BCUT2D eigenvalue weighted by molar-refractivity contribution is 0.789. The highest BCUT2D eigenvalue weighted by Crippen LogP contribution is 2.11. The summed E-state index contributed by atoms with van der Waals surface area (Å²) in [6, 6.07) is 10.8. The maximum Gasteiger partial charge on any atom is 0.181 e. The topological polar surface area (TPSA) is 22.0 Å². The second-order valence-corrected chi connectivity index (χ2v) is 3.77. The maximum atomic E-state index is 10.9. The van der Waals surface area contributed by atoms with Crippen LogP contribution in [0.25, 0.3) is 0 Å². The molecule has 0 saturated carbocycles. The van der Waals surface area contributed by atoms with E-state index in [-0.39, 0.29) is 5.43 Å². The van der Waals surface area contributed by atoms with Crippen LogP contribution in [0.4, 0.5) is 0 Å². The zero-order valence-corrected chi connectivity index (χ0v) is 8.82. The van der Waals surface area contributed by atoms with Crippen LogP contribution in [-0.4, -0.2) is 4.57 Å². The Balaban J connectivity index is 2.22. The van der Waals surface area contributed by atoms with Crippen molar-refractivity contribution in [1.82, 2.24) is 4.57 Å². The zero-order chi connectivity index (χ0) is 10.7. The molecule has 0 amide bonds. The minimum Gasteiger partial charge on any atom is -0.350 e. The van der Waals surface area contributed by atoms with Crippen LogP contribution in [0.2, 0.25) is 5.02 Å². The third-order valence-corrected chi connectivity index (χ3v) is 2.35. The highest BCUT2D eigenvalue weighted by Gasteiger charge is 1.94. The fourth-order valence-electron chi connectivity index (χ4n) is 1.40. The lowest BCUT2D eigenvalue weighted by atomic mass is 10.2. The summed E-state index contributed by atoms with van der Waals surface area (Å²) in [7, 11) is 0. The fraction of sp³-hybridized carbons (Fsp3) is 0.0833. The van der Waals surface area contributed by atoms with Gasteiger partial charge in [0.2, 0.25) is 0 Å². The lowest BCUT2D eigenvalue weighted by Crippen LogP contribution is -2.04. The van der Waals surface area contributed by atoms with E-state index in [1.807, 2.05) is 28.8 Å². The van der Waals surface area contributed by atoms with Gasteiger partial charge in [0.1, 0.15) is 0 Å². The first-order valence-electron chi connectivity index (χ1n) is 4.64. The van der Waals surface area contributed by atoms with Crippen molar-refractivity contribution in [2.45, 2.75) is 6.54 Å². The molecule has 3 heteroatoms. The van der Waals surface area contributed by atoms with E-state index in [4.69, 9.17) is 11.6 Å². The number of hydrogen-bond acceptors (Lipinski definition) is 1. The molecular weight excluding hydrogens is 210 g/mol. The minimum absolute atomic E-state index is 0.0253. The molecule has 0 saturated heterocycles. The number of pyridine rings is 1. The Labute approximate surface area is 92.7 Å². The molecule has 2 nitrogen and oxygen atoms in total. The van der Waals surface area contributed by atoms with Crippen LogP contribution in [0.3, 0.4) is 0 Å². The molecule has 15 heavy (non-hydrogen) atoms. The van der Waals surface area contributed by atoms with Crippen LogP contribution in [0.15, 0.2) is 53.6 Å². The van der Waals surface area contributed by atoms with E-state index in [0.29, 0.717) is 0 Å². The smallest absolute Gasteiger partial charge is 0.181 e. The molecule has 0 atom stereocenters. The summed E-state index contributed by atoms with van der Waals surface area (Å²) in [6.45, 7) is 0.723. The average molecular weight is 220 g/mol. The van der Waals surface area contributed by atoms with Gasteiger partial charge in [-0.3, -0.25) is 4.79 Å². The summed E-state index contributed by atoms with van der Waals surface area (Å²) in [5.74, 6) is 0. The van der Waals surface area contributed by atoms with E-state index in [9.17, 15) is 4.79 Å². The van der Waals surface area contributed by atoms with Gasteiger partial charge in [-0.25, -0.2) is 0 Å². The molecule has 76 valence electrons. The van der Waals surface area contributed by atoms with Crippen molar-refractivity contribution in [3.05, 3.63) is 69.6 Å². The highest BCUT2D eigenvalue weighted by atomic mass is 35.5. The summed E-state index contributed by atoms with van der Waals surface area (Å²) in [4.78, 5) is 10.9. The van der Waals surface area contributed by atoms with Crippen LogP contribution in [0.5, 0.6) is 0 Å². The molecular formula is C12H10ClNO. The second kappa shape index (κ2) is 4.32. The van der Waals surface area contributed by atoms with Crippen LogP contribution >= 0.6 is 11.6 Å². The Hall–Kier alpha value is -1.54. The molecule has 0 spiro atoms. The van der Waals surface area contributed by atoms with Crippen molar-refractivity contribution < 1.29 is 0 Å². The van der Waals surface area contributed by atoms with E-state index >= 15 is 0 Å². The van der Waals surface area contributed by atoms with E-state index in [1.54, 1.807) is 24.5 Å². The van der Waals surface area contributed by atoms with Crippen molar-refractivity contribution in [1.29, 1.82) is 0 Å². The molecule has 0 aliphatic rings. The monoisotopic (exact) mass is 219 g/mol. The van der Waals surface area contributed by atoms with Crippen molar-refractivity contribution >= 4 is 11.6 Å². The Morgan fingerprint density at radius 1 is 1.13 bits per heavy atom. The fourth-order valence-corrected chi connectivity index (χ4v) is 1.61. The molecule has 2 aromatic rings. The number of nitrogens with zero attached hydrogens (tertiary/aromatic N) is 1. The molecule has 0 bridgehead atoms. The number of rotatable bonds is 2. The number of aromatic nitrogens is 1. The molecule has 0 N–H and O–H groups in total. The lowest BCUT2D eigenvalue weighted by Gasteiger charge is -2.05. The molecule has 1 aromatic heterocycles. The molecule has 1 aromatic carbocycles. The maximum absolute atomic E-state index is 10.9. The van der Waals surface area contributed by atoms with Gasteiger partial charge in [-0.05, 0) is 17.7 Å². The average Bonchev–Trinajstić information content (AvgIpc) is 2.22. The summed E-state index contributed by atoms with van der Waals surface area (Å²) < 4.78 is 1.94. The van der Waals surface area contributed by atoms with Gasteiger partial charge >= 0.3 is 0 Å². The Morgan fingerprint density at radius 3 is 2.53 bits per heavy atom. The normalized spacial score (nSPS) is 10.2. The largest absolute Gasteiger partial charge is 0.350 e. The molecule has 0 unspecified atom stereocenters.